The summed E-state index contributed by atoms with van der Waals surface area (Å²) in [6.07, 6.45) is 1.37. The van der Waals surface area contributed by atoms with Crippen LogP contribution in [0.25, 0.3) is 0 Å². The highest BCUT2D eigenvalue weighted by Crippen LogP contribution is 2.12. The maximum Gasteiger partial charge on any atom is 0.269 e. The van der Waals surface area contributed by atoms with Crippen molar-refractivity contribution in [2.75, 3.05) is 0 Å². The van der Waals surface area contributed by atoms with Crippen molar-refractivity contribution < 1.29 is 4.92 Å². The van der Waals surface area contributed by atoms with Gasteiger partial charge in [-0.15, -0.1) is 0 Å². The van der Waals surface area contributed by atoms with Crippen molar-refractivity contribution in [2.24, 2.45) is 0 Å². The van der Waals surface area contributed by atoms with E-state index < -0.39 is 4.92 Å². The molecule has 0 aliphatic carbocycles. The van der Waals surface area contributed by atoms with Gasteiger partial charge in [0.25, 0.3) is 5.69 Å². The van der Waals surface area contributed by atoms with Crippen LogP contribution >= 0.6 is 0 Å². The first-order valence-corrected chi connectivity index (χ1v) is 5.51. The molecule has 0 saturated carbocycles. The summed E-state index contributed by atoms with van der Waals surface area (Å²) in [6, 6.07) is 8.73. The lowest BCUT2D eigenvalue weighted by Crippen LogP contribution is -2.27. The van der Waals surface area contributed by atoms with E-state index in [-0.39, 0.29) is 11.7 Å². The van der Waals surface area contributed by atoms with Gasteiger partial charge < -0.3 is 5.32 Å². The highest BCUT2D eigenvalue weighted by Gasteiger charge is 2.06. The summed E-state index contributed by atoms with van der Waals surface area (Å²) in [5, 5.41) is 22.3. The first-order chi connectivity index (χ1) is 8.17. The second kappa shape index (κ2) is 6.61. The Hall–Kier alpha value is -1.93. The summed E-state index contributed by atoms with van der Waals surface area (Å²) in [5.74, 6) is 0. The lowest BCUT2D eigenvalue weighted by Gasteiger charge is -2.13. The van der Waals surface area contributed by atoms with E-state index in [4.69, 9.17) is 5.26 Å². The molecule has 0 aliphatic rings. The van der Waals surface area contributed by atoms with E-state index in [0.29, 0.717) is 13.0 Å². The minimum absolute atomic E-state index is 0.0952. The molecule has 0 spiro atoms. The molecule has 0 aliphatic heterocycles. The molecule has 0 radical (unpaired) electrons. The average Bonchev–Trinajstić information content (AvgIpc) is 2.35. The van der Waals surface area contributed by atoms with Crippen LogP contribution in [0.5, 0.6) is 0 Å². The molecule has 1 unspecified atom stereocenters. The second-order valence-corrected chi connectivity index (χ2v) is 3.77. The summed E-state index contributed by atoms with van der Waals surface area (Å²) in [7, 11) is 0. The lowest BCUT2D eigenvalue weighted by molar-refractivity contribution is -0.384. The van der Waals surface area contributed by atoms with Crippen LogP contribution in [0, 0.1) is 21.4 Å². The van der Waals surface area contributed by atoms with E-state index in [0.717, 1.165) is 12.0 Å². The van der Waals surface area contributed by atoms with Crippen LogP contribution in [0.4, 0.5) is 5.69 Å². The zero-order chi connectivity index (χ0) is 12.7. The largest absolute Gasteiger partial charge is 0.309 e. The minimum Gasteiger partial charge on any atom is -0.309 e. The first kappa shape index (κ1) is 13.1. The lowest BCUT2D eigenvalue weighted by atomic mass is 10.1. The van der Waals surface area contributed by atoms with Gasteiger partial charge in [-0.05, 0) is 12.0 Å². The van der Waals surface area contributed by atoms with Gasteiger partial charge in [0, 0.05) is 24.7 Å². The van der Waals surface area contributed by atoms with Crippen LogP contribution in [0.15, 0.2) is 24.3 Å². The van der Waals surface area contributed by atoms with Gasteiger partial charge in [-0.1, -0.05) is 19.1 Å². The van der Waals surface area contributed by atoms with Crippen molar-refractivity contribution in [2.45, 2.75) is 32.4 Å². The highest BCUT2D eigenvalue weighted by molar-refractivity contribution is 5.32. The Labute approximate surface area is 100 Å². The fourth-order valence-corrected chi connectivity index (χ4v) is 1.47. The van der Waals surface area contributed by atoms with E-state index in [1.807, 2.05) is 6.92 Å². The van der Waals surface area contributed by atoms with E-state index in [1.165, 1.54) is 12.1 Å². The van der Waals surface area contributed by atoms with Crippen molar-refractivity contribution in [1.82, 2.24) is 5.32 Å². The SMILES string of the molecule is CCC(CC#N)NCc1ccc([N+](=O)[O-])cc1. The Kier molecular flexibility index (Phi) is 5.11. The third-order valence-electron chi connectivity index (χ3n) is 2.57. The normalized spacial score (nSPS) is 11.8. The molecule has 5 nitrogen and oxygen atoms in total. The molecule has 0 saturated heterocycles. The van der Waals surface area contributed by atoms with Gasteiger partial charge in [0.1, 0.15) is 0 Å². The quantitative estimate of drug-likeness (QED) is 0.604. The maximum atomic E-state index is 10.5. The number of non-ortho nitro benzene ring substituents is 1. The summed E-state index contributed by atoms with van der Waals surface area (Å²) < 4.78 is 0. The van der Waals surface area contributed by atoms with Crippen molar-refractivity contribution in [1.29, 1.82) is 5.26 Å². The topological polar surface area (TPSA) is 79.0 Å². The molecule has 0 aromatic heterocycles. The van der Waals surface area contributed by atoms with Crippen LogP contribution in [0.2, 0.25) is 0 Å². The molecular formula is C12H15N3O2. The number of hydrogen-bond donors (Lipinski definition) is 1. The van der Waals surface area contributed by atoms with Crippen molar-refractivity contribution >= 4 is 5.69 Å². The number of benzene rings is 1. The fourth-order valence-electron chi connectivity index (χ4n) is 1.47. The fraction of sp³-hybridized carbons (Fsp3) is 0.417. The number of nitrogens with one attached hydrogen (secondary N) is 1. The molecule has 1 aromatic rings. The number of nitro benzene ring substituents is 1. The van der Waals surface area contributed by atoms with E-state index >= 15 is 0 Å². The number of nitro groups is 1. The standard InChI is InChI=1S/C12H15N3O2/c1-2-11(7-8-13)14-9-10-3-5-12(6-4-10)15(16)17/h3-6,11,14H,2,7,9H2,1H3. The zero-order valence-corrected chi connectivity index (χ0v) is 9.72. The molecule has 0 fully saturated rings. The summed E-state index contributed by atoms with van der Waals surface area (Å²) >= 11 is 0. The Bertz CT molecular complexity index is 409. The van der Waals surface area contributed by atoms with Gasteiger partial charge in [0.05, 0.1) is 17.4 Å². The van der Waals surface area contributed by atoms with Crippen LogP contribution in [-0.2, 0) is 6.54 Å². The number of rotatable bonds is 6. The van der Waals surface area contributed by atoms with Gasteiger partial charge in [-0.2, -0.15) is 5.26 Å². The van der Waals surface area contributed by atoms with Crippen molar-refractivity contribution in [3.05, 3.63) is 39.9 Å². The number of nitriles is 1. The van der Waals surface area contributed by atoms with E-state index in [1.54, 1.807) is 12.1 Å². The molecule has 0 heterocycles. The molecule has 1 rings (SSSR count). The predicted molar refractivity (Wildman–Crippen MR) is 64.2 cm³/mol. The molecular weight excluding hydrogens is 218 g/mol. The Morgan fingerprint density at radius 2 is 2.12 bits per heavy atom. The van der Waals surface area contributed by atoms with Crippen LogP contribution in [0.3, 0.4) is 0 Å². The summed E-state index contributed by atoms with van der Waals surface area (Å²) in [5.41, 5.74) is 1.07. The molecule has 17 heavy (non-hydrogen) atoms. The monoisotopic (exact) mass is 233 g/mol. The Morgan fingerprint density at radius 3 is 2.59 bits per heavy atom. The molecule has 1 aromatic carbocycles. The Morgan fingerprint density at radius 1 is 1.47 bits per heavy atom. The average molecular weight is 233 g/mol. The van der Waals surface area contributed by atoms with E-state index in [2.05, 4.69) is 11.4 Å². The number of nitrogens with zero attached hydrogens (tertiary/aromatic N) is 2. The summed E-state index contributed by atoms with van der Waals surface area (Å²) in [4.78, 5) is 10.0. The van der Waals surface area contributed by atoms with Gasteiger partial charge >= 0.3 is 0 Å². The molecule has 1 atom stereocenters. The van der Waals surface area contributed by atoms with E-state index in [9.17, 15) is 10.1 Å². The van der Waals surface area contributed by atoms with Crippen LogP contribution < -0.4 is 5.32 Å². The van der Waals surface area contributed by atoms with Crippen LogP contribution in [0.1, 0.15) is 25.3 Å². The van der Waals surface area contributed by atoms with Crippen LogP contribution in [-0.4, -0.2) is 11.0 Å². The third kappa shape index (κ3) is 4.21. The third-order valence-corrected chi connectivity index (χ3v) is 2.57. The van der Waals surface area contributed by atoms with Gasteiger partial charge in [-0.25, -0.2) is 0 Å². The predicted octanol–water partition coefficient (Wildman–Crippen LogP) is 2.38. The molecule has 5 heteroatoms. The minimum atomic E-state index is -0.415. The highest BCUT2D eigenvalue weighted by atomic mass is 16.6. The second-order valence-electron chi connectivity index (χ2n) is 3.77. The summed E-state index contributed by atoms with van der Waals surface area (Å²) in [6.45, 7) is 2.64. The molecule has 0 bridgehead atoms. The first-order valence-electron chi connectivity index (χ1n) is 5.51. The van der Waals surface area contributed by atoms with Crippen molar-refractivity contribution in [3.8, 4) is 6.07 Å². The smallest absolute Gasteiger partial charge is 0.269 e. The zero-order valence-electron chi connectivity index (χ0n) is 9.72. The Balaban J connectivity index is 2.52. The molecule has 0 amide bonds. The van der Waals surface area contributed by atoms with Crippen molar-refractivity contribution in [3.63, 3.8) is 0 Å². The maximum absolute atomic E-state index is 10.5. The molecule has 1 N–H and O–H groups in total. The molecule has 90 valence electrons. The van der Waals surface area contributed by atoms with Gasteiger partial charge in [0.2, 0.25) is 0 Å². The number of hydrogen-bond acceptors (Lipinski definition) is 4. The van der Waals surface area contributed by atoms with Gasteiger partial charge in [0.15, 0.2) is 0 Å². The van der Waals surface area contributed by atoms with Gasteiger partial charge in [-0.3, -0.25) is 10.1 Å².